The Morgan fingerprint density at radius 2 is 2.21 bits per heavy atom. The van der Waals surface area contributed by atoms with Crippen LogP contribution in [-0.4, -0.2) is 16.2 Å². The highest BCUT2D eigenvalue weighted by atomic mass is 35.5. The summed E-state index contributed by atoms with van der Waals surface area (Å²) in [4.78, 5) is 0. The molecule has 2 aromatic rings. The van der Waals surface area contributed by atoms with Gasteiger partial charge in [0.25, 0.3) is 0 Å². The fraction of sp³-hybridized carbons (Fsp3) is 0.333. The molecule has 1 aromatic carbocycles. The van der Waals surface area contributed by atoms with Crippen LogP contribution in [0.1, 0.15) is 18.7 Å². The van der Waals surface area contributed by atoms with E-state index in [0.29, 0.717) is 24.2 Å². The van der Waals surface area contributed by atoms with Crippen molar-refractivity contribution in [3.63, 3.8) is 0 Å². The molecule has 0 amide bonds. The zero-order chi connectivity index (χ0) is 13.2. The van der Waals surface area contributed by atoms with Gasteiger partial charge in [0, 0.05) is 6.04 Å². The van der Waals surface area contributed by atoms with Gasteiger partial charge in [0.1, 0.15) is 5.82 Å². The van der Waals surface area contributed by atoms with Crippen molar-refractivity contribution in [2.45, 2.75) is 25.4 Å². The molecule has 5 nitrogen and oxygen atoms in total. The summed E-state index contributed by atoms with van der Waals surface area (Å²) >= 11 is 5.89. The van der Waals surface area contributed by atoms with E-state index >= 15 is 0 Å². The first-order chi connectivity index (χ1) is 9.20. The smallest absolute Gasteiger partial charge is 0.320 e. The van der Waals surface area contributed by atoms with Gasteiger partial charge in [0.05, 0.1) is 17.3 Å². The molecule has 0 unspecified atom stereocenters. The molecule has 1 aliphatic carbocycles. The summed E-state index contributed by atoms with van der Waals surface area (Å²) in [5.74, 6) is 0.114. The average Bonchev–Trinajstić information content (AvgIpc) is 3.10. The van der Waals surface area contributed by atoms with E-state index in [2.05, 4.69) is 20.8 Å². The van der Waals surface area contributed by atoms with Crippen molar-refractivity contribution in [3.05, 3.63) is 34.9 Å². The maximum atomic E-state index is 12.9. The molecule has 0 bridgehead atoms. The quantitative estimate of drug-likeness (QED) is 0.883. The second-order valence-electron chi connectivity index (χ2n) is 4.41. The van der Waals surface area contributed by atoms with Crippen molar-refractivity contribution in [1.29, 1.82) is 0 Å². The lowest BCUT2D eigenvalue weighted by atomic mass is 10.3. The normalized spacial score (nSPS) is 14.6. The molecule has 0 atom stereocenters. The third-order valence-corrected chi connectivity index (χ3v) is 3.07. The van der Waals surface area contributed by atoms with Crippen molar-refractivity contribution >= 4 is 23.3 Å². The van der Waals surface area contributed by atoms with Crippen LogP contribution in [0.25, 0.3) is 0 Å². The summed E-state index contributed by atoms with van der Waals surface area (Å²) in [5, 5.41) is 14.1. The van der Waals surface area contributed by atoms with Crippen LogP contribution in [0.3, 0.4) is 0 Å². The van der Waals surface area contributed by atoms with Gasteiger partial charge in [-0.05, 0) is 31.0 Å². The van der Waals surface area contributed by atoms with Crippen LogP contribution in [0, 0.1) is 5.82 Å². The summed E-state index contributed by atoms with van der Waals surface area (Å²) < 4.78 is 18.3. The van der Waals surface area contributed by atoms with Gasteiger partial charge in [-0.1, -0.05) is 16.7 Å². The molecule has 3 rings (SSSR count). The minimum absolute atomic E-state index is 0.237. The Morgan fingerprint density at radius 1 is 1.37 bits per heavy atom. The van der Waals surface area contributed by atoms with Crippen LogP contribution in [0.15, 0.2) is 22.6 Å². The Bertz CT molecular complexity index is 585. The Morgan fingerprint density at radius 3 is 2.95 bits per heavy atom. The molecule has 19 heavy (non-hydrogen) atoms. The minimum atomic E-state index is -0.393. The predicted molar refractivity (Wildman–Crippen MR) is 68.9 cm³/mol. The summed E-state index contributed by atoms with van der Waals surface area (Å²) in [6, 6.07) is 4.86. The summed E-state index contributed by atoms with van der Waals surface area (Å²) in [5.41, 5.74) is 0.522. The highest BCUT2D eigenvalue weighted by Crippen LogP contribution is 2.25. The predicted octanol–water partition coefficient (Wildman–Crippen LogP) is 2.86. The fourth-order valence-electron chi connectivity index (χ4n) is 1.60. The molecule has 100 valence electrons. The van der Waals surface area contributed by atoms with Crippen molar-refractivity contribution in [3.8, 4) is 0 Å². The Hall–Kier alpha value is -1.66. The summed E-state index contributed by atoms with van der Waals surface area (Å²) in [6.45, 7) is 0.552. The molecule has 1 aromatic heterocycles. The van der Waals surface area contributed by atoms with Crippen LogP contribution < -0.4 is 10.6 Å². The number of rotatable bonds is 5. The van der Waals surface area contributed by atoms with Gasteiger partial charge in [0.2, 0.25) is 5.89 Å². The molecule has 1 saturated carbocycles. The SMILES string of the molecule is Fc1ccc(Nc2nnc(CNC3CC3)o2)c(Cl)c1. The average molecular weight is 283 g/mol. The third kappa shape index (κ3) is 3.21. The van der Waals surface area contributed by atoms with Crippen molar-refractivity contribution in [1.82, 2.24) is 15.5 Å². The fourth-order valence-corrected chi connectivity index (χ4v) is 1.82. The summed E-state index contributed by atoms with van der Waals surface area (Å²) in [7, 11) is 0. The third-order valence-electron chi connectivity index (χ3n) is 2.76. The standard InChI is InChI=1S/C12H12ClFN4O/c13-9-5-7(14)1-4-10(9)16-12-18-17-11(19-12)6-15-8-2-3-8/h1,4-5,8,15H,2-3,6H2,(H,16,18). The largest absolute Gasteiger partial charge is 0.406 e. The van der Waals surface area contributed by atoms with E-state index < -0.39 is 5.82 Å². The van der Waals surface area contributed by atoms with E-state index in [4.69, 9.17) is 16.0 Å². The molecule has 0 radical (unpaired) electrons. The van der Waals surface area contributed by atoms with Crippen LogP contribution in [-0.2, 0) is 6.54 Å². The lowest BCUT2D eigenvalue weighted by Crippen LogP contribution is -2.15. The van der Waals surface area contributed by atoms with E-state index in [1.54, 1.807) is 0 Å². The molecule has 2 N–H and O–H groups in total. The van der Waals surface area contributed by atoms with Crippen LogP contribution >= 0.6 is 11.6 Å². The Balaban J connectivity index is 1.65. The molecular formula is C12H12ClFN4O. The number of nitrogens with one attached hydrogen (secondary N) is 2. The monoisotopic (exact) mass is 282 g/mol. The highest BCUT2D eigenvalue weighted by Gasteiger charge is 2.21. The maximum absolute atomic E-state index is 12.9. The number of halogens is 2. The summed E-state index contributed by atoms with van der Waals surface area (Å²) in [6.07, 6.45) is 2.40. The van der Waals surface area contributed by atoms with Gasteiger partial charge in [0.15, 0.2) is 0 Å². The van der Waals surface area contributed by atoms with Gasteiger partial charge in [-0.2, -0.15) is 0 Å². The number of anilines is 2. The second kappa shape index (κ2) is 5.14. The Labute approximate surface area is 114 Å². The molecule has 0 aliphatic heterocycles. The van der Waals surface area contributed by atoms with Gasteiger partial charge in [-0.3, -0.25) is 0 Å². The number of aromatic nitrogens is 2. The highest BCUT2D eigenvalue weighted by molar-refractivity contribution is 6.33. The zero-order valence-corrected chi connectivity index (χ0v) is 10.7. The molecule has 0 spiro atoms. The Kier molecular flexibility index (Phi) is 3.35. The molecule has 1 fully saturated rings. The first kappa shape index (κ1) is 12.4. The molecule has 1 heterocycles. The molecular weight excluding hydrogens is 271 g/mol. The maximum Gasteiger partial charge on any atom is 0.320 e. The van der Waals surface area contributed by atoms with E-state index in [0.717, 1.165) is 0 Å². The van der Waals surface area contributed by atoms with Crippen LogP contribution in [0.5, 0.6) is 0 Å². The van der Waals surface area contributed by atoms with E-state index in [1.165, 1.54) is 31.0 Å². The topological polar surface area (TPSA) is 63.0 Å². The van der Waals surface area contributed by atoms with E-state index in [-0.39, 0.29) is 11.0 Å². The van der Waals surface area contributed by atoms with E-state index in [9.17, 15) is 4.39 Å². The number of hydrogen-bond donors (Lipinski definition) is 2. The van der Waals surface area contributed by atoms with Gasteiger partial charge < -0.3 is 15.1 Å². The van der Waals surface area contributed by atoms with Crippen LogP contribution in [0.4, 0.5) is 16.1 Å². The van der Waals surface area contributed by atoms with E-state index in [1.807, 2.05) is 0 Å². The first-order valence-electron chi connectivity index (χ1n) is 5.98. The second-order valence-corrected chi connectivity index (χ2v) is 4.81. The number of hydrogen-bond acceptors (Lipinski definition) is 5. The van der Waals surface area contributed by atoms with Gasteiger partial charge >= 0.3 is 6.01 Å². The van der Waals surface area contributed by atoms with Gasteiger partial charge in [-0.15, -0.1) is 5.10 Å². The number of nitrogens with zero attached hydrogens (tertiary/aromatic N) is 2. The lowest BCUT2D eigenvalue weighted by molar-refractivity contribution is 0.478. The lowest BCUT2D eigenvalue weighted by Gasteiger charge is -2.03. The zero-order valence-electron chi connectivity index (χ0n) is 9.99. The van der Waals surface area contributed by atoms with Crippen molar-refractivity contribution < 1.29 is 8.81 Å². The molecule has 0 saturated heterocycles. The van der Waals surface area contributed by atoms with Crippen LogP contribution in [0.2, 0.25) is 5.02 Å². The minimum Gasteiger partial charge on any atom is -0.406 e. The molecule has 1 aliphatic rings. The van der Waals surface area contributed by atoms with Crippen molar-refractivity contribution in [2.75, 3.05) is 5.32 Å². The first-order valence-corrected chi connectivity index (χ1v) is 6.36. The number of benzene rings is 1. The van der Waals surface area contributed by atoms with Crippen molar-refractivity contribution in [2.24, 2.45) is 0 Å². The molecule has 7 heteroatoms. The van der Waals surface area contributed by atoms with Gasteiger partial charge in [-0.25, -0.2) is 4.39 Å².